The van der Waals surface area contributed by atoms with Crippen LogP contribution in [0, 0.1) is 29.7 Å². The van der Waals surface area contributed by atoms with Gasteiger partial charge < -0.3 is 29.7 Å². The molecule has 8 rings (SSSR count). The quantitative estimate of drug-likeness (QED) is 0.144. The average Bonchev–Trinajstić information content (AvgIpc) is 3.44. The smallest absolute Gasteiger partial charge is 0.358 e. The van der Waals surface area contributed by atoms with Gasteiger partial charge in [-0.1, -0.05) is 366 Å². The second kappa shape index (κ2) is 96.4. The van der Waals surface area contributed by atoms with Gasteiger partial charge in [0.2, 0.25) is 0 Å². The molecule has 0 aliphatic heterocycles. The van der Waals surface area contributed by atoms with Gasteiger partial charge in [-0.15, -0.1) is 0 Å². The monoisotopic (exact) mass is 1260 g/mol. The van der Waals surface area contributed by atoms with Gasteiger partial charge in [-0.25, -0.2) is 0 Å². The number of hydrogen-bond acceptors (Lipinski definition) is 0. The maximum absolute atomic E-state index is 2.12. The van der Waals surface area contributed by atoms with Gasteiger partial charge in [0, 0.05) is 0 Å². The van der Waals surface area contributed by atoms with Crippen molar-refractivity contribution in [1.82, 2.24) is 0 Å². The predicted octanol–water partition coefficient (Wildman–Crippen LogP) is 22.9. The van der Waals surface area contributed by atoms with Crippen LogP contribution in [-0.4, -0.2) is 0 Å². The Labute approximate surface area is 456 Å². The molecule has 8 aromatic carbocycles. The maximum Gasteiger partial charge on any atom is 2.00 e. The van der Waals surface area contributed by atoms with Gasteiger partial charge >= 0.3 is 42.1 Å². The molecular formula is C66H102W2. The predicted molar refractivity (Wildman–Crippen MR) is 318 cm³/mol. The van der Waals surface area contributed by atoms with E-state index in [2.05, 4.69) is 97.1 Å². The molecule has 0 bridgehead atoms. The zero-order valence-corrected chi connectivity index (χ0v) is 52.9. The van der Waals surface area contributed by atoms with E-state index < -0.39 is 0 Å². The van der Waals surface area contributed by atoms with Crippen LogP contribution in [0.1, 0.15) is 111 Å². The summed E-state index contributed by atoms with van der Waals surface area (Å²) in [7, 11) is 0. The molecule has 0 aliphatic rings. The molecule has 0 heterocycles. The van der Waals surface area contributed by atoms with Crippen LogP contribution < -0.4 is 0 Å². The van der Waals surface area contributed by atoms with Crippen molar-refractivity contribution in [2.24, 2.45) is 0 Å². The van der Waals surface area contributed by atoms with Crippen LogP contribution in [0.5, 0.6) is 0 Å². The van der Waals surface area contributed by atoms with Crippen LogP contribution in [0.15, 0.2) is 255 Å². The zero-order chi connectivity index (χ0) is 48.0. The van der Waals surface area contributed by atoms with Gasteiger partial charge in [-0.2, -0.15) is 0 Å². The van der Waals surface area contributed by atoms with Crippen molar-refractivity contribution in [3.8, 4) is 11.1 Å². The molecule has 0 saturated carbocycles. The first-order valence-electron chi connectivity index (χ1n) is 23.5. The first-order valence-corrected chi connectivity index (χ1v) is 23.5. The number of rotatable bonds is 1. The van der Waals surface area contributed by atoms with E-state index in [1.54, 1.807) is 0 Å². The number of hydrogen-bond donors (Lipinski definition) is 0. The summed E-state index contributed by atoms with van der Waals surface area (Å²) >= 11 is 0. The first-order chi connectivity index (χ1) is 30.9. The Bertz CT molecular complexity index is 1410. The van der Waals surface area contributed by atoms with E-state index in [1.807, 2.05) is 269 Å². The van der Waals surface area contributed by atoms with Crippen LogP contribution in [0.2, 0.25) is 0 Å². The van der Waals surface area contributed by atoms with Crippen molar-refractivity contribution in [2.75, 3.05) is 0 Å². The fraction of sp³-hybridized carbons (Fsp3) is 0.242. The van der Waals surface area contributed by atoms with Crippen molar-refractivity contribution in [1.29, 1.82) is 0 Å². The number of fused-ring (bicyclic) bond motifs is 1. The molecule has 0 nitrogen and oxygen atoms in total. The van der Waals surface area contributed by atoms with E-state index >= 15 is 0 Å². The molecule has 0 atom stereocenters. The third kappa shape index (κ3) is 68.0. The van der Waals surface area contributed by atoms with Crippen molar-refractivity contribution < 1.29 is 42.1 Å². The van der Waals surface area contributed by atoms with Crippen molar-refractivity contribution in [3.05, 3.63) is 284 Å². The van der Waals surface area contributed by atoms with E-state index in [0.717, 1.165) is 0 Å². The Kier molecular flexibility index (Phi) is 132. The molecule has 0 radical (unpaired) electrons. The fourth-order valence-electron chi connectivity index (χ4n) is 3.93. The van der Waals surface area contributed by atoms with Gasteiger partial charge in [-0.05, 0) is 21.9 Å². The SMILES string of the molecule is CC.CC.CC.CC.CC.CC.CC.CC.[CH3-].[CH3-].[CH3-].[CH3-].[W+2].[W+2].c1ccc(-c2ccccc2)cc1.c1ccc2ccccc2c1.c1ccccc1.c1ccccc1.c1ccccc1.c1ccccc1. The summed E-state index contributed by atoms with van der Waals surface area (Å²) in [6.07, 6.45) is 0. The van der Waals surface area contributed by atoms with E-state index in [9.17, 15) is 0 Å². The third-order valence-corrected chi connectivity index (χ3v) is 6.21. The molecule has 68 heavy (non-hydrogen) atoms. The minimum Gasteiger partial charge on any atom is -0.358 e. The molecule has 0 spiro atoms. The van der Waals surface area contributed by atoms with Crippen LogP contribution in [0.3, 0.4) is 0 Å². The fourth-order valence-corrected chi connectivity index (χ4v) is 3.93. The molecule has 0 amide bonds. The minimum atomic E-state index is 0. The largest absolute Gasteiger partial charge is 2.00 e. The molecule has 0 aromatic heterocycles. The van der Waals surface area contributed by atoms with Gasteiger partial charge in [0.25, 0.3) is 0 Å². The summed E-state index contributed by atoms with van der Waals surface area (Å²) in [5, 5.41) is 2.62. The van der Waals surface area contributed by atoms with E-state index in [1.165, 1.54) is 21.9 Å². The Hall–Kier alpha value is -4.60. The maximum atomic E-state index is 2.12. The Morgan fingerprint density at radius 2 is 0.235 bits per heavy atom. The van der Waals surface area contributed by atoms with Crippen LogP contribution in [-0.2, 0) is 42.1 Å². The topological polar surface area (TPSA) is 0 Å². The van der Waals surface area contributed by atoms with Gasteiger partial charge in [0.15, 0.2) is 0 Å². The summed E-state index contributed by atoms with van der Waals surface area (Å²) < 4.78 is 0. The Morgan fingerprint density at radius 3 is 0.353 bits per heavy atom. The minimum absolute atomic E-state index is 0. The second-order valence-corrected chi connectivity index (χ2v) is 9.70. The standard InChI is InChI=1S/C12H10.C10H8.4C6H6.8C2H6.4CH3.2W/c1-3-7-11(8-4-1)12-9-5-2-6-10-12;1-2-6-10-8-4-3-7-9(10)5-1;4*1-2-4-6-5-3-1;8*1-2;;;;;;/h1-10H;1-8H;4*1-6H;8*1-2H3;4*1H3;;/q;;;;;;;;;;;;;;4*-1;2*+2. The zero-order valence-electron chi connectivity index (χ0n) is 47.1. The first kappa shape index (κ1) is 93.4. The molecule has 0 N–H and O–H groups in total. The van der Waals surface area contributed by atoms with E-state index in [0.29, 0.717) is 0 Å². The molecule has 8 aromatic rings. The van der Waals surface area contributed by atoms with E-state index in [4.69, 9.17) is 0 Å². The molecule has 2 heteroatoms. The normalized spacial score (nSPS) is 6.71. The van der Waals surface area contributed by atoms with Crippen LogP contribution in [0.4, 0.5) is 0 Å². The summed E-state index contributed by atoms with van der Waals surface area (Å²) in [6, 6.07) is 85.5. The molecule has 378 valence electrons. The van der Waals surface area contributed by atoms with Crippen LogP contribution >= 0.6 is 0 Å². The Balaban J connectivity index is -0.0000000521. The summed E-state index contributed by atoms with van der Waals surface area (Å²) in [5.74, 6) is 0. The average molecular weight is 1260 g/mol. The summed E-state index contributed by atoms with van der Waals surface area (Å²) in [5.41, 5.74) is 2.55. The Morgan fingerprint density at radius 1 is 0.147 bits per heavy atom. The molecule has 0 fully saturated rings. The molecular weight excluding hydrogens is 1160 g/mol. The van der Waals surface area contributed by atoms with Crippen molar-refractivity contribution in [2.45, 2.75) is 111 Å². The molecule has 0 unspecified atom stereocenters. The second-order valence-electron chi connectivity index (χ2n) is 9.70. The summed E-state index contributed by atoms with van der Waals surface area (Å²) in [6.45, 7) is 32.0. The molecule has 0 aliphatic carbocycles. The van der Waals surface area contributed by atoms with Crippen molar-refractivity contribution >= 4 is 10.8 Å². The third-order valence-electron chi connectivity index (χ3n) is 6.21. The van der Waals surface area contributed by atoms with Gasteiger partial charge in [-0.3, -0.25) is 0 Å². The van der Waals surface area contributed by atoms with Crippen molar-refractivity contribution in [3.63, 3.8) is 0 Å². The molecule has 0 saturated heterocycles. The van der Waals surface area contributed by atoms with Gasteiger partial charge in [0.1, 0.15) is 0 Å². The summed E-state index contributed by atoms with van der Waals surface area (Å²) in [4.78, 5) is 0. The number of benzene rings is 8. The van der Waals surface area contributed by atoms with Crippen LogP contribution in [0.25, 0.3) is 21.9 Å². The van der Waals surface area contributed by atoms with Gasteiger partial charge in [0.05, 0.1) is 0 Å². The van der Waals surface area contributed by atoms with E-state index in [-0.39, 0.29) is 71.8 Å².